The Morgan fingerprint density at radius 2 is 1.67 bits per heavy atom. The Bertz CT molecular complexity index is 1260. The normalized spacial score (nSPS) is 16.8. The van der Waals surface area contributed by atoms with Crippen LogP contribution in [-0.4, -0.2) is 84.1 Å². The van der Waals surface area contributed by atoms with Crippen molar-refractivity contribution in [3.8, 4) is 0 Å². The minimum Gasteiger partial charge on any atom is -0.378 e. The third kappa shape index (κ3) is 6.93. The zero-order valence-corrected chi connectivity index (χ0v) is 24.1. The molecule has 2 aromatic carbocycles. The van der Waals surface area contributed by atoms with Gasteiger partial charge in [-0.3, -0.25) is 9.69 Å². The number of thiocarbonyl (C=S) groups is 1. The molecule has 3 aromatic rings. The van der Waals surface area contributed by atoms with Crippen LogP contribution in [0.2, 0.25) is 0 Å². The summed E-state index contributed by atoms with van der Waals surface area (Å²) in [6.45, 7) is 5.44. The van der Waals surface area contributed by atoms with Crippen LogP contribution in [0.5, 0.6) is 0 Å². The van der Waals surface area contributed by atoms with E-state index in [1.165, 1.54) is 12.1 Å². The van der Waals surface area contributed by atoms with Gasteiger partial charge in [0.15, 0.2) is 5.11 Å². The first-order chi connectivity index (χ1) is 18.9. The molecule has 1 aromatic heterocycles. The van der Waals surface area contributed by atoms with E-state index < -0.39 is 0 Å². The SMILES string of the molecule is CN(C)c1ccc(NC(=S)N2CCC(c3nc(C(=O)N4CCN(Cc5ccc(F)cc5)CC4)cs3)CC2)cc1. The van der Waals surface area contributed by atoms with Gasteiger partial charge in [0, 0.05) is 82.6 Å². The van der Waals surface area contributed by atoms with Crippen LogP contribution in [0.15, 0.2) is 53.9 Å². The van der Waals surface area contributed by atoms with E-state index in [4.69, 9.17) is 17.2 Å². The largest absolute Gasteiger partial charge is 0.378 e. The summed E-state index contributed by atoms with van der Waals surface area (Å²) in [7, 11) is 4.05. The molecule has 0 unspecified atom stereocenters. The van der Waals surface area contributed by atoms with Gasteiger partial charge in [-0.1, -0.05) is 12.1 Å². The van der Waals surface area contributed by atoms with Gasteiger partial charge in [-0.15, -0.1) is 11.3 Å². The van der Waals surface area contributed by atoms with E-state index >= 15 is 0 Å². The molecule has 0 aliphatic carbocycles. The Kier molecular flexibility index (Phi) is 8.74. The summed E-state index contributed by atoms with van der Waals surface area (Å²) in [6, 6.07) is 14.9. The van der Waals surface area contributed by atoms with Crippen molar-refractivity contribution in [2.75, 3.05) is 63.6 Å². The highest BCUT2D eigenvalue weighted by atomic mass is 32.1. The molecule has 0 bridgehead atoms. The van der Waals surface area contributed by atoms with Gasteiger partial charge >= 0.3 is 0 Å². The van der Waals surface area contributed by atoms with Crippen molar-refractivity contribution in [2.24, 2.45) is 0 Å². The fourth-order valence-corrected chi connectivity index (χ4v) is 6.33. The molecular weight excluding hydrogens is 531 g/mol. The van der Waals surface area contributed by atoms with Gasteiger partial charge in [0.1, 0.15) is 11.5 Å². The van der Waals surface area contributed by atoms with Crippen molar-refractivity contribution in [3.05, 3.63) is 76.0 Å². The highest BCUT2D eigenvalue weighted by molar-refractivity contribution is 7.80. The number of halogens is 1. The summed E-state index contributed by atoms with van der Waals surface area (Å²) >= 11 is 7.28. The van der Waals surface area contributed by atoms with Gasteiger partial charge in [-0.05, 0) is 67.0 Å². The molecule has 206 valence electrons. The number of hydrogen-bond acceptors (Lipinski definition) is 6. The van der Waals surface area contributed by atoms with E-state index in [0.717, 1.165) is 72.6 Å². The van der Waals surface area contributed by atoms with Crippen LogP contribution in [0.3, 0.4) is 0 Å². The maximum absolute atomic E-state index is 13.2. The van der Waals surface area contributed by atoms with Crippen molar-refractivity contribution < 1.29 is 9.18 Å². The molecule has 2 fully saturated rings. The molecule has 1 amide bonds. The highest BCUT2D eigenvalue weighted by Crippen LogP contribution is 2.31. The number of carbonyl (C=O) groups is 1. The first-order valence-electron chi connectivity index (χ1n) is 13.4. The first-order valence-corrected chi connectivity index (χ1v) is 14.7. The van der Waals surface area contributed by atoms with Crippen LogP contribution in [0, 0.1) is 5.82 Å². The molecule has 3 heterocycles. The average Bonchev–Trinajstić information content (AvgIpc) is 3.45. The van der Waals surface area contributed by atoms with E-state index in [2.05, 4.69) is 32.1 Å². The van der Waals surface area contributed by atoms with Crippen molar-refractivity contribution in [1.82, 2.24) is 19.7 Å². The molecule has 10 heteroatoms. The van der Waals surface area contributed by atoms with E-state index in [1.54, 1.807) is 11.3 Å². The van der Waals surface area contributed by atoms with Crippen molar-refractivity contribution in [3.63, 3.8) is 0 Å². The van der Waals surface area contributed by atoms with E-state index in [9.17, 15) is 9.18 Å². The maximum atomic E-state index is 13.2. The summed E-state index contributed by atoms with van der Waals surface area (Å²) in [6.07, 6.45) is 1.93. The fraction of sp³-hybridized carbons (Fsp3) is 0.414. The number of piperidine rings is 1. The molecular formula is C29H35FN6OS2. The molecule has 0 spiro atoms. The number of nitrogens with one attached hydrogen (secondary N) is 1. The van der Waals surface area contributed by atoms with Crippen LogP contribution in [-0.2, 0) is 6.54 Å². The summed E-state index contributed by atoms with van der Waals surface area (Å²) in [5, 5.41) is 7.08. The molecule has 0 radical (unpaired) electrons. The van der Waals surface area contributed by atoms with Gasteiger partial charge < -0.3 is 20.0 Å². The van der Waals surface area contributed by atoms with Gasteiger partial charge in [0.05, 0.1) is 5.01 Å². The molecule has 7 nitrogen and oxygen atoms in total. The zero-order chi connectivity index (χ0) is 27.4. The Labute approximate surface area is 239 Å². The number of anilines is 2. The predicted octanol–water partition coefficient (Wildman–Crippen LogP) is 4.88. The smallest absolute Gasteiger partial charge is 0.273 e. The van der Waals surface area contributed by atoms with Gasteiger partial charge in [-0.25, -0.2) is 9.37 Å². The summed E-state index contributed by atoms with van der Waals surface area (Å²) in [5.74, 6) is 0.148. The lowest BCUT2D eigenvalue weighted by atomic mass is 9.98. The van der Waals surface area contributed by atoms with Gasteiger partial charge in [-0.2, -0.15) is 0 Å². The number of likely N-dealkylation sites (tertiary alicyclic amines) is 1. The number of thiazole rings is 1. The molecule has 0 saturated carbocycles. The molecule has 39 heavy (non-hydrogen) atoms. The van der Waals surface area contributed by atoms with Gasteiger partial charge in [0.25, 0.3) is 5.91 Å². The standard InChI is InChI=1S/C29H35FN6OS2/c1-33(2)25-9-7-24(8-10-25)31-29(38)36-13-11-22(12-14-36)27-32-26(20-39-27)28(37)35-17-15-34(16-18-35)19-21-3-5-23(30)6-4-21/h3-10,20,22H,11-19H2,1-2H3,(H,31,38). The molecule has 2 aliphatic heterocycles. The zero-order valence-electron chi connectivity index (χ0n) is 22.5. The lowest BCUT2D eigenvalue weighted by molar-refractivity contribution is 0.0623. The lowest BCUT2D eigenvalue weighted by Crippen LogP contribution is -2.48. The molecule has 5 rings (SSSR count). The summed E-state index contributed by atoms with van der Waals surface area (Å²) in [5.41, 5.74) is 3.79. The number of aromatic nitrogens is 1. The molecule has 2 saturated heterocycles. The van der Waals surface area contributed by atoms with Crippen molar-refractivity contribution in [2.45, 2.75) is 25.3 Å². The topological polar surface area (TPSA) is 55.0 Å². The second-order valence-corrected chi connectivity index (χ2v) is 11.7. The third-order valence-corrected chi connectivity index (χ3v) is 8.85. The van der Waals surface area contributed by atoms with Crippen LogP contribution >= 0.6 is 23.6 Å². The van der Waals surface area contributed by atoms with E-state index in [0.29, 0.717) is 24.7 Å². The average molecular weight is 567 g/mol. The first kappa shape index (κ1) is 27.5. The number of rotatable bonds is 6. The lowest BCUT2D eigenvalue weighted by Gasteiger charge is -2.34. The molecule has 1 N–H and O–H groups in total. The van der Waals surface area contributed by atoms with Crippen molar-refractivity contribution in [1.29, 1.82) is 0 Å². The Morgan fingerprint density at radius 1 is 1.00 bits per heavy atom. The van der Waals surface area contributed by atoms with Crippen LogP contribution < -0.4 is 10.2 Å². The fourth-order valence-electron chi connectivity index (χ4n) is 5.07. The molecule has 0 atom stereocenters. The highest BCUT2D eigenvalue weighted by Gasteiger charge is 2.28. The quantitative estimate of drug-likeness (QED) is 0.427. The van der Waals surface area contributed by atoms with Crippen LogP contribution in [0.25, 0.3) is 0 Å². The van der Waals surface area contributed by atoms with Gasteiger partial charge in [0.2, 0.25) is 0 Å². The Morgan fingerprint density at radius 3 is 2.31 bits per heavy atom. The number of hydrogen-bond donors (Lipinski definition) is 1. The number of benzene rings is 2. The van der Waals surface area contributed by atoms with E-state index in [1.807, 2.05) is 48.6 Å². The van der Waals surface area contributed by atoms with Crippen LogP contribution in [0.1, 0.15) is 39.8 Å². The van der Waals surface area contributed by atoms with Crippen LogP contribution in [0.4, 0.5) is 15.8 Å². The Balaban J connectivity index is 1.08. The second kappa shape index (κ2) is 12.4. The maximum Gasteiger partial charge on any atom is 0.273 e. The Hall–Kier alpha value is -3.08. The van der Waals surface area contributed by atoms with E-state index in [-0.39, 0.29) is 11.7 Å². The second-order valence-electron chi connectivity index (χ2n) is 10.4. The summed E-state index contributed by atoms with van der Waals surface area (Å²) in [4.78, 5) is 26.4. The number of amides is 1. The predicted molar refractivity (Wildman–Crippen MR) is 160 cm³/mol. The molecule has 2 aliphatic rings. The number of carbonyl (C=O) groups excluding carboxylic acids is 1. The van der Waals surface area contributed by atoms with Crippen molar-refractivity contribution >= 4 is 45.9 Å². The monoisotopic (exact) mass is 566 g/mol. The number of nitrogens with zero attached hydrogens (tertiary/aromatic N) is 5. The minimum atomic E-state index is -0.218. The number of piperazine rings is 1. The third-order valence-electron chi connectivity index (χ3n) is 7.49. The summed E-state index contributed by atoms with van der Waals surface area (Å²) < 4.78 is 13.2. The minimum absolute atomic E-state index is 0.0158.